The smallest absolute Gasteiger partial charge is 0.360 e. The van der Waals surface area contributed by atoms with Crippen molar-refractivity contribution < 1.29 is 9.53 Å². The predicted octanol–water partition coefficient (Wildman–Crippen LogP) is 2.79. The van der Waals surface area contributed by atoms with Crippen molar-refractivity contribution in [1.29, 1.82) is 0 Å². The number of fused-ring (bicyclic) bond motifs is 1. The summed E-state index contributed by atoms with van der Waals surface area (Å²) in [5.74, 6) is -0.472. The zero-order chi connectivity index (χ0) is 15.5. The number of thiazole rings is 1. The number of nitrogens with zero attached hydrogens (tertiary/aromatic N) is 3. The lowest BCUT2D eigenvalue weighted by molar-refractivity contribution is 0.0462. The van der Waals surface area contributed by atoms with Gasteiger partial charge in [-0.05, 0) is 19.1 Å². The Morgan fingerprint density at radius 3 is 2.73 bits per heavy atom. The summed E-state index contributed by atoms with van der Waals surface area (Å²) in [6.45, 7) is 1.92. The van der Waals surface area contributed by atoms with Crippen molar-refractivity contribution in [2.75, 3.05) is 12.4 Å². The third-order valence-corrected chi connectivity index (χ3v) is 4.01. The number of esters is 1. The van der Waals surface area contributed by atoms with E-state index in [4.69, 9.17) is 4.74 Å². The second kappa shape index (κ2) is 6.07. The van der Waals surface area contributed by atoms with E-state index in [1.54, 1.807) is 12.6 Å². The minimum absolute atomic E-state index is 0.0726. The maximum atomic E-state index is 12.1. The maximum Gasteiger partial charge on any atom is 0.360 e. The molecule has 0 spiro atoms. The number of carbonyl (C=O) groups is 1. The molecule has 112 valence electrons. The topological polar surface area (TPSA) is 77.0 Å². The molecule has 0 atom stereocenters. The monoisotopic (exact) mass is 314 g/mol. The number of anilines is 1. The van der Waals surface area contributed by atoms with Gasteiger partial charge in [-0.15, -0.1) is 11.3 Å². The summed E-state index contributed by atoms with van der Waals surface area (Å²) in [7, 11) is 1.74. The number of aromatic nitrogens is 3. The summed E-state index contributed by atoms with van der Waals surface area (Å²) in [4.78, 5) is 25.1. The van der Waals surface area contributed by atoms with E-state index < -0.39 is 5.97 Å². The molecule has 1 aromatic carbocycles. The first kappa shape index (κ1) is 14.4. The molecular formula is C15H14N4O2S. The van der Waals surface area contributed by atoms with Crippen LogP contribution in [0.3, 0.4) is 0 Å². The van der Waals surface area contributed by atoms with Crippen LogP contribution >= 0.6 is 11.3 Å². The number of benzene rings is 1. The van der Waals surface area contributed by atoms with Gasteiger partial charge in [0.05, 0.1) is 27.9 Å². The molecule has 0 radical (unpaired) electrons. The first-order valence-electron chi connectivity index (χ1n) is 6.69. The van der Waals surface area contributed by atoms with Gasteiger partial charge in [-0.1, -0.05) is 12.1 Å². The van der Waals surface area contributed by atoms with Crippen molar-refractivity contribution in [3.05, 3.63) is 46.9 Å². The Labute approximate surface area is 131 Å². The Kier molecular flexibility index (Phi) is 3.97. The molecule has 0 aliphatic carbocycles. The number of rotatable bonds is 4. The summed E-state index contributed by atoms with van der Waals surface area (Å²) >= 11 is 1.35. The summed E-state index contributed by atoms with van der Waals surface area (Å²) in [5, 5.41) is 3.60. The summed E-state index contributed by atoms with van der Waals surface area (Å²) in [5.41, 5.74) is 4.89. The lowest BCUT2D eigenvalue weighted by Crippen LogP contribution is -2.10. The third-order valence-electron chi connectivity index (χ3n) is 3.17. The van der Waals surface area contributed by atoms with Crippen molar-refractivity contribution in [3.8, 4) is 0 Å². The van der Waals surface area contributed by atoms with Gasteiger partial charge in [-0.2, -0.15) is 0 Å². The maximum absolute atomic E-state index is 12.1. The predicted molar refractivity (Wildman–Crippen MR) is 85.1 cm³/mol. The number of aryl methyl sites for hydroxylation is 1. The average molecular weight is 314 g/mol. The molecule has 6 nitrogen and oxygen atoms in total. The van der Waals surface area contributed by atoms with Crippen LogP contribution in [0, 0.1) is 6.92 Å². The molecule has 22 heavy (non-hydrogen) atoms. The summed E-state index contributed by atoms with van der Waals surface area (Å²) < 4.78 is 5.31. The van der Waals surface area contributed by atoms with E-state index in [1.807, 2.05) is 31.2 Å². The van der Waals surface area contributed by atoms with Gasteiger partial charge < -0.3 is 10.1 Å². The molecule has 0 fully saturated rings. The summed E-state index contributed by atoms with van der Waals surface area (Å²) in [6, 6.07) is 7.60. The van der Waals surface area contributed by atoms with E-state index in [0.717, 1.165) is 16.7 Å². The highest BCUT2D eigenvalue weighted by Crippen LogP contribution is 2.20. The molecule has 7 heteroatoms. The molecule has 0 aliphatic heterocycles. The number of ether oxygens (including phenoxy) is 1. The number of carbonyl (C=O) groups excluding carboxylic acids is 1. The normalized spacial score (nSPS) is 10.6. The van der Waals surface area contributed by atoms with Gasteiger partial charge in [0, 0.05) is 7.05 Å². The molecule has 0 saturated heterocycles. The molecule has 0 bridgehead atoms. The quantitative estimate of drug-likeness (QED) is 0.746. The fourth-order valence-corrected chi connectivity index (χ4v) is 2.66. The van der Waals surface area contributed by atoms with E-state index in [2.05, 4.69) is 20.3 Å². The first-order chi connectivity index (χ1) is 10.7. The van der Waals surface area contributed by atoms with Crippen molar-refractivity contribution in [1.82, 2.24) is 15.0 Å². The van der Waals surface area contributed by atoms with Gasteiger partial charge in [0.15, 0.2) is 5.69 Å². The van der Waals surface area contributed by atoms with Gasteiger partial charge in [-0.25, -0.2) is 19.7 Å². The molecule has 0 unspecified atom stereocenters. The van der Waals surface area contributed by atoms with Crippen LogP contribution < -0.4 is 5.32 Å². The Balaban J connectivity index is 1.79. The Bertz CT molecular complexity index is 831. The minimum atomic E-state index is -0.472. The second-order valence-electron chi connectivity index (χ2n) is 4.60. The Morgan fingerprint density at radius 1 is 1.27 bits per heavy atom. The molecule has 2 heterocycles. The van der Waals surface area contributed by atoms with Crippen LogP contribution in [-0.2, 0) is 11.3 Å². The van der Waals surface area contributed by atoms with Crippen LogP contribution in [-0.4, -0.2) is 28.0 Å². The van der Waals surface area contributed by atoms with E-state index in [1.165, 1.54) is 11.3 Å². The van der Waals surface area contributed by atoms with E-state index in [-0.39, 0.29) is 6.61 Å². The van der Waals surface area contributed by atoms with Crippen molar-refractivity contribution in [3.63, 3.8) is 0 Å². The molecule has 2 aromatic heterocycles. The van der Waals surface area contributed by atoms with Gasteiger partial charge >= 0.3 is 5.97 Å². The molecular weight excluding hydrogens is 300 g/mol. The van der Waals surface area contributed by atoms with Crippen molar-refractivity contribution in [2.24, 2.45) is 0 Å². The van der Waals surface area contributed by atoms with Crippen LogP contribution in [0.15, 0.2) is 29.8 Å². The minimum Gasteiger partial charge on any atom is -0.454 e. The zero-order valence-corrected chi connectivity index (χ0v) is 13.0. The van der Waals surface area contributed by atoms with E-state index >= 15 is 0 Å². The molecule has 0 saturated carbocycles. The molecule has 3 rings (SSSR count). The van der Waals surface area contributed by atoms with Crippen molar-refractivity contribution in [2.45, 2.75) is 13.5 Å². The Hall–Kier alpha value is -2.54. The van der Waals surface area contributed by atoms with Gasteiger partial charge in [0.2, 0.25) is 0 Å². The van der Waals surface area contributed by atoms with Crippen LogP contribution in [0.4, 0.5) is 5.00 Å². The zero-order valence-electron chi connectivity index (χ0n) is 12.2. The number of nitrogens with one attached hydrogen (secondary N) is 1. The second-order valence-corrected chi connectivity index (χ2v) is 5.46. The SMILES string of the molecule is CNc1scnc1C(=O)OCc1nc2ccccc2nc1C. The van der Waals surface area contributed by atoms with Gasteiger partial charge in [-0.3, -0.25) is 0 Å². The van der Waals surface area contributed by atoms with Gasteiger partial charge in [0.25, 0.3) is 0 Å². The summed E-state index contributed by atoms with van der Waals surface area (Å²) in [6.07, 6.45) is 0. The highest BCUT2D eigenvalue weighted by atomic mass is 32.1. The Morgan fingerprint density at radius 2 is 2.00 bits per heavy atom. The fourth-order valence-electron chi connectivity index (χ4n) is 2.03. The highest BCUT2D eigenvalue weighted by Gasteiger charge is 2.16. The number of para-hydroxylation sites is 2. The number of hydrogen-bond donors (Lipinski definition) is 1. The van der Waals surface area contributed by atoms with Gasteiger partial charge in [0.1, 0.15) is 11.6 Å². The lowest BCUT2D eigenvalue weighted by atomic mass is 10.2. The van der Waals surface area contributed by atoms with E-state index in [9.17, 15) is 4.79 Å². The van der Waals surface area contributed by atoms with Crippen LogP contribution in [0.1, 0.15) is 21.9 Å². The number of hydrogen-bond acceptors (Lipinski definition) is 7. The molecule has 0 amide bonds. The third kappa shape index (κ3) is 2.75. The lowest BCUT2D eigenvalue weighted by Gasteiger charge is -2.07. The molecule has 1 N–H and O–H groups in total. The van der Waals surface area contributed by atoms with Crippen LogP contribution in [0.25, 0.3) is 11.0 Å². The van der Waals surface area contributed by atoms with Crippen LogP contribution in [0.2, 0.25) is 0 Å². The highest BCUT2D eigenvalue weighted by molar-refractivity contribution is 7.14. The molecule has 3 aromatic rings. The fraction of sp³-hybridized carbons (Fsp3) is 0.200. The molecule has 0 aliphatic rings. The van der Waals surface area contributed by atoms with Crippen LogP contribution in [0.5, 0.6) is 0 Å². The van der Waals surface area contributed by atoms with Crippen molar-refractivity contribution >= 4 is 33.3 Å². The average Bonchev–Trinajstić information content (AvgIpc) is 3.01. The standard InChI is InChI=1S/C15H14N4O2S/c1-9-12(19-11-6-4-3-5-10(11)18-9)7-21-15(20)13-14(16-2)22-8-17-13/h3-6,8,16H,7H2,1-2H3. The largest absolute Gasteiger partial charge is 0.454 e. The first-order valence-corrected chi connectivity index (χ1v) is 7.57. The van der Waals surface area contributed by atoms with E-state index in [0.29, 0.717) is 16.4 Å².